The monoisotopic (exact) mass is 433 g/mol. The summed E-state index contributed by atoms with van der Waals surface area (Å²) in [5.41, 5.74) is 3.01. The SMILES string of the molecule is COCCOc1ccc(C(F)(F)F)cc1NC(=O)Cc1coc2cc3c(cc12)CCC3. The van der Waals surface area contributed by atoms with Gasteiger partial charge in [0.25, 0.3) is 0 Å². The van der Waals surface area contributed by atoms with E-state index in [2.05, 4.69) is 5.32 Å². The highest BCUT2D eigenvalue weighted by atomic mass is 19.4. The van der Waals surface area contributed by atoms with Crippen molar-refractivity contribution in [3.8, 4) is 5.75 Å². The summed E-state index contributed by atoms with van der Waals surface area (Å²) in [7, 11) is 1.49. The van der Waals surface area contributed by atoms with E-state index < -0.39 is 17.6 Å². The van der Waals surface area contributed by atoms with Crippen LogP contribution >= 0.6 is 0 Å². The Labute approximate surface area is 177 Å². The van der Waals surface area contributed by atoms with Crippen LogP contribution in [0.25, 0.3) is 11.0 Å². The van der Waals surface area contributed by atoms with Crippen LogP contribution in [0.1, 0.15) is 28.7 Å². The number of hydrogen-bond acceptors (Lipinski definition) is 4. The molecule has 0 fully saturated rings. The second-order valence-corrected chi connectivity index (χ2v) is 7.51. The molecule has 0 saturated heterocycles. The summed E-state index contributed by atoms with van der Waals surface area (Å²) in [6, 6.07) is 7.05. The van der Waals surface area contributed by atoms with Gasteiger partial charge in [-0.05, 0) is 60.7 Å². The number of furan rings is 1. The van der Waals surface area contributed by atoms with E-state index in [4.69, 9.17) is 13.9 Å². The van der Waals surface area contributed by atoms with Gasteiger partial charge < -0.3 is 19.2 Å². The van der Waals surface area contributed by atoms with Crippen LogP contribution in [-0.2, 0) is 35.0 Å². The molecule has 1 aliphatic rings. The van der Waals surface area contributed by atoms with Crippen molar-refractivity contribution >= 4 is 22.6 Å². The Kier molecular flexibility index (Phi) is 5.91. The van der Waals surface area contributed by atoms with Crippen molar-refractivity contribution in [1.82, 2.24) is 0 Å². The molecule has 0 aliphatic heterocycles. The Morgan fingerprint density at radius 2 is 1.90 bits per heavy atom. The first-order valence-corrected chi connectivity index (χ1v) is 10.00. The van der Waals surface area contributed by atoms with Crippen molar-refractivity contribution in [3.05, 3.63) is 58.8 Å². The van der Waals surface area contributed by atoms with Crippen LogP contribution in [-0.4, -0.2) is 26.2 Å². The predicted octanol–water partition coefficient (Wildman–Crippen LogP) is 5.15. The minimum absolute atomic E-state index is 0.0282. The van der Waals surface area contributed by atoms with E-state index in [-0.39, 0.29) is 31.1 Å². The number of halogens is 3. The molecule has 31 heavy (non-hydrogen) atoms. The zero-order valence-corrected chi connectivity index (χ0v) is 17.0. The Bertz CT molecular complexity index is 1100. The third kappa shape index (κ3) is 4.69. The number of fused-ring (bicyclic) bond motifs is 2. The number of benzene rings is 2. The number of amides is 1. The fourth-order valence-electron chi connectivity index (χ4n) is 3.82. The first kappa shape index (κ1) is 21.2. The Morgan fingerprint density at radius 1 is 1.13 bits per heavy atom. The summed E-state index contributed by atoms with van der Waals surface area (Å²) in [5, 5.41) is 3.42. The van der Waals surface area contributed by atoms with Gasteiger partial charge >= 0.3 is 6.18 Å². The third-order valence-corrected chi connectivity index (χ3v) is 5.35. The molecule has 0 atom stereocenters. The van der Waals surface area contributed by atoms with Crippen LogP contribution < -0.4 is 10.1 Å². The normalized spacial score (nSPS) is 13.4. The standard InChI is InChI=1S/C23H22F3NO4/c1-29-7-8-30-20-6-5-17(23(24,25)26)12-19(20)27-22(28)11-16-13-31-21-10-15-4-2-3-14(15)9-18(16)21/h5-6,9-10,12-13H,2-4,7-8,11H2,1H3,(H,27,28). The van der Waals surface area contributed by atoms with Crippen molar-refractivity contribution in [2.24, 2.45) is 0 Å². The second-order valence-electron chi connectivity index (χ2n) is 7.51. The molecule has 0 spiro atoms. The van der Waals surface area contributed by atoms with Gasteiger partial charge in [0.1, 0.15) is 17.9 Å². The van der Waals surface area contributed by atoms with E-state index in [1.807, 2.05) is 12.1 Å². The van der Waals surface area contributed by atoms with E-state index in [9.17, 15) is 18.0 Å². The zero-order chi connectivity index (χ0) is 22.0. The van der Waals surface area contributed by atoms with Crippen LogP contribution in [0.4, 0.5) is 18.9 Å². The molecule has 4 rings (SSSR count). The molecule has 164 valence electrons. The molecule has 8 heteroatoms. The van der Waals surface area contributed by atoms with Gasteiger partial charge in [-0.25, -0.2) is 0 Å². The maximum Gasteiger partial charge on any atom is 0.416 e. The molecule has 1 aliphatic carbocycles. The Morgan fingerprint density at radius 3 is 2.65 bits per heavy atom. The average Bonchev–Trinajstić information content (AvgIpc) is 3.33. The molecule has 1 aromatic heterocycles. The molecule has 1 N–H and O–H groups in total. The summed E-state index contributed by atoms with van der Waals surface area (Å²) in [6.07, 6.45) is 0.0730. The van der Waals surface area contributed by atoms with Gasteiger partial charge in [-0.15, -0.1) is 0 Å². The molecule has 0 saturated carbocycles. The van der Waals surface area contributed by atoms with Crippen LogP contribution in [0.5, 0.6) is 5.75 Å². The van der Waals surface area contributed by atoms with Gasteiger partial charge in [-0.2, -0.15) is 13.2 Å². The summed E-state index contributed by atoms with van der Waals surface area (Å²) < 4.78 is 55.4. The summed E-state index contributed by atoms with van der Waals surface area (Å²) in [4.78, 5) is 12.7. The number of hydrogen-bond donors (Lipinski definition) is 1. The van der Waals surface area contributed by atoms with Crippen molar-refractivity contribution in [2.75, 3.05) is 25.6 Å². The third-order valence-electron chi connectivity index (χ3n) is 5.35. The van der Waals surface area contributed by atoms with Crippen molar-refractivity contribution in [1.29, 1.82) is 0 Å². The quantitative estimate of drug-likeness (QED) is 0.524. The summed E-state index contributed by atoms with van der Waals surface area (Å²) >= 11 is 0. The van der Waals surface area contributed by atoms with Crippen molar-refractivity contribution in [3.63, 3.8) is 0 Å². The summed E-state index contributed by atoms with van der Waals surface area (Å²) in [5.74, 6) is -0.313. The lowest BCUT2D eigenvalue weighted by Crippen LogP contribution is -2.17. The van der Waals surface area contributed by atoms with Gasteiger partial charge in [-0.3, -0.25) is 4.79 Å². The van der Waals surface area contributed by atoms with E-state index in [0.717, 1.165) is 36.8 Å². The second kappa shape index (κ2) is 8.63. The average molecular weight is 433 g/mol. The topological polar surface area (TPSA) is 60.7 Å². The minimum Gasteiger partial charge on any atom is -0.489 e. The lowest BCUT2D eigenvalue weighted by molar-refractivity contribution is -0.137. The number of anilines is 1. The molecule has 0 radical (unpaired) electrons. The minimum atomic E-state index is -4.54. The number of carbonyl (C=O) groups is 1. The van der Waals surface area contributed by atoms with Gasteiger partial charge in [-0.1, -0.05) is 0 Å². The highest BCUT2D eigenvalue weighted by Crippen LogP contribution is 2.35. The van der Waals surface area contributed by atoms with Crippen molar-refractivity contribution in [2.45, 2.75) is 31.9 Å². The Balaban J connectivity index is 1.55. The molecule has 1 amide bonds. The van der Waals surface area contributed by atoms with Crippen LogP contribution in [0.15, 0.2) is 41.0 Å². The number of alkyl halides is 3. The van der Waals surface area contributed by atoms with Gasteiger partial charge in [0, 0.05) is 18.1 Å². The lowest BCUT2D eigenvalue weighted by atomic mass is 10.0. The largest absolute Gasteiger partial charge is 0.489 e. The van der Waals surface area contributed by atoms with Crippen LogP contribution in [0.3, 0.4) is 0 Å². The van der Waals surface area contributed by atoms with Gasteiger partial charge in [0.05, 0.1) is 30.5 Å². The van der Waals surface area contributed by atoms with Gasteiger partial charge in [0.2, 0.25) is 5.91 Å². The van der Waals surface area contributed by atoms with Crippen molar-refractivity contribution < 1.29 is 31.9 Å². The maximum absolute atomic E-state index is 13.1. The molecule has 1 heterocycles. The highest BCUT2D eigenvalue weighted by Gasteiger charge is 2.31. The number of nitrogens with one attached hydrogen (secondary N) is 1. The van der Waals surface area contributed by atoms with E-state index in [1.54, 1.807) is 0 Å². The molecule has 3 aromatic rings. The Hall–Kier alpha value is -3.00. The van der Waals surface area contributed by atoms with Crippen LogP contribution in [0, 0.1) is 0 Å². The van der Waals surface area contributed by atoms with Gasteiger partial charge in [0.15, 0.2) is 0 Å². The summed E-state index contributed by atoms with van der Waals surface area (Å²) in [6.45, 7) is 0.405. The van der Waals surface area contributed by atoms with E-state index in [0.29, 0.717) is 11.1 Å². The highest BCUT2D eigenvalue weighted by molar-refractivity contribution is 5.96. The molecule has 5 nitrogen and oxygen atoms in total. The zero-order valence-electron chi connectivity index (χ0n) is 17.0. The van der Waals surface area contributed by atoms with E-state index >= 15 is 0 Å². The maximum atomic E-state index is 13.1. The molecule has 0 unspecified atom stereocenters. The fourth-order valence-corrected chi connectivity index (χ4v) is 3.82. The first-order valence-electron chi connectivity index (χ1n) is 10.00. The number of methoxy groups -OCH3 is 1. The number of carbonyl (C=O) groups excluding carboxylic acids is 1. The molecular formula is C23H22F3NO4. The molecular weight excluding hydrogens is 411 g/mol. The number of ether oxygens (including phenoxy) is 2. The lowest BCUT2D eigenvalue weighted by Gasteiger charge is -2.15. The smallest absolute Gasteiger partial charge is 0.416 e. The number of aryl methyl sites for hydroxylation is 2. The first-order chi connectivity index (χ1) is 14.8. The predicted molar refractivity (Wildman–Crippen MR) is 109 cm³/mol. The molecule has 0 bridgehead atoms. The molecule has 2 aromatic carbocycles. The fraction of sp³-hybridized carbons (Fsp3) is 0.348. The van der Waals surface area contributed by atoms with Crippen LogP contribution in [0.2, 0.25) is 0 Å². The van der Waals surface area contributed by atoms with E-state index in [1.165, 1.54) is 30.6 Å². The number of rotatable bonds is 7.